The standard InChI is InChI=1S/C15H20N2O3/c18-14(19)13(9-11-5-2-1-3-6-11)17-15(20)16-10-12-7-4-8-12/h1-3,5-6,12-13H,4,7-10H2,(H,18,19)(H2,16,17,20)/t13-/m0/s1. The van der Waals surface area contributed by atoms with Crippen LogP contribution in [-0.2, 0) is 11.2 Å². The Bertz CT molecular complexity index is 457. The minimum atomic E-state index is -1.02. The molecule has 1 aliphatic rings. The van der Waals surface area contributed by atoms with Crippen LogP contribution in [0.25, 0.3) is 0 Å². The first kappa shape index (κ1) is 14.4. The van der Waals surface area contributed by atoms with Crippen LogP contribution in [0.4, 0.5) is 4.79 Å². The highest BCUT2D eigenvalue weighted by atomic mass is 16.4. The van der Waals surface area contributed by atoms with E-state index in [4.69, 9.17) is 0 Å². The van der Waals surface area contributed by atoms with Crippen LogP contribution in [-0.4, -0.2) is 29.7 Å². The molecule has 0 bridgehead atoms. The van der Waals surface area contributed by atoms with Gasteiger partial charge in [-0.1, -0.05) is 36.8 Å². The van der Waals surface area contributed by atoms with Gasteiger partial charge in [0.05, 0.1) is 0 Å². The molecule has 20 heavy (non-hydrogen) atoms. The normalized spacial score (nSPS) is 16.0. The number of hydrogen-bond donors (Lipinski definition) is 3. The van der Waals surface area contributed by atoms with Gasteiger partial charge in [-0.05, 0) is 24.3 Å². The van der Waals surface area contributed by atoms with Gasteiger partial charge in [-0.25, -0.2) is 9.59 Å². The number of aliphatic carboxylic acids is 1. The van der Waals surface area contributed by atoms with Crippen LogP contribution in [0.1, 0.15) is 24.8 Å². The number of urea groups is 1. The summed E-state index contributed by atoms with van der Waals surface area (Å²) in [5.41, 5.74) is 0.888. The van der Waals surface area contributed by atoms with Crippen molar-refractivity contribution in [1.29, 1.82) is 0 Å². The van der Waals surface area contributed by atoms with Crippen LogP contribution in [0.15, 0.2) is 30.3 Å². The molecule has 0 spiro atoms. The first-order chi connectivity index (χ1) is 9.65. The molecule has 0 saturated heterocycles. The summed E-state index contributed by atoms with van der Waals surface area (Å²) in [6.07, 6.45) is 3.80. The van der Waals surface area contributed by atoms with Crippen LogP contribution in [0, 0.1) is 5.92 Å². The molecule has 2 amide bonds. The number of benzene rings is 1. The molecular formula is C15H20N2O3. The van der Waals surface area contributed by atoms with Gasteiger partial charge in [-0.3, -0.25) is 0 Å². The van der Waals surface area contributed by atoms with Gasteiger partial charge >= 0.3 is 12.0 Å². The number of nitrogens with one attached hydrogen (secondary N) is 2. The Morgan fingerprint density at radius 2 is 1.95 bits per heavy atom. The van der Waals surface area contributed by atoms with Crippen molar-refractivity contribution in [2.75, 3.05) is 6.54 Å². The van der Waals surface area contributed by atoms with Gasteiger partial charge in [0.15, 0.2) is 0 Å². The molecule has 0 aromatic heterocycles. The van der Waals surface area contributed by atoms with Gasteiger partial charge in [-0.15, -0.1) is 0 Å². The molecule has 3 N–H and O–H groups in total. The van der Waals surface area contributed by atoms with E-state index >= 15 is 0 Å². The number of carbonyl (C=O) groups excluding carboxylic acids is 1. The number of carboxylic acids is 1. The minimum Gasteiger partial charge on any atom is -0.480 e. The van der Waals surface area contributed by atoms with E-state index < -0.39 is 18.0 Å². The van der Waals surface area contributed by atoms with E-state index in [1.807, 2.05) is 30.3 Å². The Morgan fingerprint density at radius 3 is 2.50 bits per heavy atom. The van der Waals surface area contributed by atoms with Crippen molar-refractivity contribution in [1.82, 2.24) is 10.6 Å². The highest BCUT2D eigenvalue weighted by Crippen LogP contribution is 2.24. The third kappa shape index (κ3) is 4.26. The second kappa shape index (κ2) is 6.93. The van der Waals surface area contributed by atoms with Crippen molar-refractivity contribution < 1.29 is 14.7 Å². The van der Waals surface area contributed by atoms with E-state index in [-0.39, 0.29) is 6.42 Å². The molecule has 0 radical (unpaired) electrons. The monoisotopic (exact) mass is 276 g/mol. The number of carboxylic acid groups (broad SMARTS) is 1. The van der Waals surface area contributed by atoms with Crippen molar-refractivity contribution in [3.8, 4) is 0 Å². The zero-order valence-corrected chi connectivity index (χ0v) is 11.3. The van der Waals surface area contributed by atoms with E-state index in [1.54, 1.807) is 0 Å². The third-order valence-corrected chi connectivity index (χ3v) is 3.66. The van der Waals surface area contributed by atoms with Gasteiger partial charge in [-0.2, -0.15) is 0 Å². The quantitative estimate of drug-likeness (QED) is 0.741. The lowest BCUT2D eigenvalue weighted by molar-refractivity contribution is -0.139. The third-order valence-electron chi connectivity index (χ3n) is 3.66. The lowest BCUT2D eigenvalue weighted by Crippen LogP contribution is -2.48. The fraction of sp³-hybridized carbons (Fsp3) is 0.467. The topological polar surface area (TPSA) is 78.4 Å². The maximum absolute atomic E-state index is 11.7. The predicted octanol–water partition coefficient (Wildman–Crippen LogP) is 1.78. The number of hydrogen-bond acceptors (Lipinski definition) is 2. The fourth-order valence-corrected chi connectivity index (χ4v) is 2.19. The average molecular weight is 276 g/mol. The highest BCUT2D eigenvalue weighted by Gasteiger charge is 2.22. The van der Waals surface area contributed by atoms with Gasteiger partial charge in [0.1, 0.15) is 6.04 Å². The van der Waals surface area contributed by atoms with Crippen molar-refractivity contribution in [2.45, 2.75) is 31.7 Å². The van der Waals surface area contributed by atoms with Gasteiger partial charge < -0.3 is 15.7 Å². The smallest absolute Gasteiger partial charge is 0.326 e. The molecule has 1 fully saturated rings. The molecule has 1 saturated carbocycles. The van der Waals surface area contributed by atoms with Crippen LogP contribution < -0.4 is 10.6 Å². The summed E-state index contributed by atoms with van der Waals surface area (Å²) >= 11 is 0. The number of carbonyl (C=O) groups is 2. The SMILES string of the molecule is O=C(NCC1CCC1)N[C@@H](Cc1ccccc1)C(=O)O. The summed E-state index contributed by atoms with van der Waals surface area (Å²) < 4.78 is 0. The first-order valence-corrected chi connectivity index (χ1v) is 6.96. The van der Waals surface area contributed by atoms with Crippen molar-refractivity contribution in [3.63, 3.8) is 0 Å². The van der Waals surface area contributed by atoms with Crippen LogP contribution in [0.2, 0.25) is 0 Å². The van der Waals surface area contributed by atoms with Gasteiger partial charge in [0.25, 0.3) is 0 Å². The van der Waals surface area contributed by atoms with E-state index in [0.29, 0.717) is 12.5 Å². The van der Waals surface area contributed by atoms with Gasteiger partial charge in [0.2, 0.25) is 0 Å². The molecule has 2 rings (SSSR count). The molecule has 5 nitrogen and oxygen atoms in total. The molecule has 0 aliphatic heterocycles. The van der Waals surface area contributed by atoms with Crippen molar-refractivity contribution in [3.05, 3.63) is 35.9 Å². The lowest BCUT2D eigenvalue weighted by Gasteiger charge is -2.25. The first-order valence-electron chi connectivity index (χ1n) is 6.96. The zero-order chi connectivity index (χ0) is 14.4. The van der Waals surface area contributed by atoms with E-state index in [1.165, 1.54) is 6.42 Å². The van der Waals surface area contributed by atoms with E-state index in [9.17, 15) is 14.7 Å². The highest BCUT2D eigenvalue weighted by molar-refractivity contribution is 5.82. The van der Waals surface area contributed by atoms with Crippen molar-refractivity contribution >= 4 is 12.0 Å². The minimum absolute atomic E-state index is 0.285. The zero-order valence-electron chi connectivity index (χ0n) is 11.3. The molecule has 0 heterocycles. The Kier molecular flexibility index (Phi) is 4.98. The van der Waals surface area contributed by atoms with Crippen molar-refractivity contribution in [2.24, 2.45) is 5.92 Å². The molecule has 1 aromatic rings. The number of rotatable bonds is 6. The summed E-state index contributed by atoms with van der Waals surface area (Å²) in [6.45, 7) is 0.628. The fourth-order valence-electron chi connectivity index (χ4n) is 2.19. The number of amides is 2. The van der Waals surface area contributed by atoms with Crippen LogP contribution >= 0.6 is 0 Å². The summed E-state index contributed by atoms with van der Waals surface area (Å²) in [6, 6.07) is 7.97. The molecule has 1 aromatic carbocycles. The largest absolute Gasteiger partial charge is 0.480 e. The molecule has 0 unspecified atom stereocenters. The predicted molar refractivity (Wildman–Crippen MR) is 75.4 cm³/mol. The summed E-state index contributed by atoms with van der Waals surface area (Å²) in [7, 11) is 0. The molecule has 1 atom stereocenters. The Hall–Kier alpha value is -2.04. The Morgan fingerprint density at radius 1 is 1.25 bits per heavy atom. The van der Waals surface area contributed by atoms with Crippen LogP contribution in [0.3, 0.4) is 0 Å². The summed E-state index contributed by atoms with van der Waals surface area (Å²) in [5, 5.41) is 14.4. The molecule has 1 aliphatic carbocycles. The molecular weight excluding hydrogens is 256 g/mol. The summed E-state index contributed by atoms with van der Waals surface area (Å²) in [4.78, 5) is 22.9. The second-order valence-electron chi connectivity index (χ2n) is 5.23. The summed E-state index contributed by atoms with van der Waals surface area (Å²) in [5.74, 6) is -0.467. The maximum atomic E-state index is 11.7. The van der Waals surface area contributed by atoms with Gasteiger partial charge in [0, 0.05) is 13.0 Å². The van der Waals surface area contributed by atoms with E-state index in [0.717, 1.165) is 18.4 Å². The Balaban J connectivity index is 1.81. The van der Waals surface area contributed by atoms with E-state index in [2.05, 4.69) is 10.6 Å². The average Bonchev–Trinajstić information content (AvgIpc) is 2.37. The maximum Gasteiger partial charge on any atom is 0.326 e. The van der Waals surface area contributed by atoms with Crippen LogP contribution in [0.5, 0.6) is 0 Å². The molecule has 5 heteroatoms. The lowest BCUT2D eigenvalue weighted by atomic mass is 9.85. The molecule has 108 valence electrons. The second-order valence-corrected chi connectivity index (χ2v) is 5.23. The Labute approximate surface area is 118 Å².